The minimum atomic E-state index is -0.213. The second kappa shape index (κ2) is 8.55. The quantitative estimate of drug-likeness (QED) is 0.785. The van der Waals surface area contributed by atoms with E-state index in [4.69, 9.17) is 0 Å². The van der Waals surface area contributed by atoms with E-state index >= 15 is 0 Å². The normalized spacial score (nSPS) is 17.7. The number of carbonyl (C=O) groups is 2. The van der Waals surface area contributed by atoms with Crippen LogP contribution in [0.1, 0.15) is 19.3 Å². The van der Waals surface area contributed by atoms with Crippen molar-refractivity contribution in [3.8, 4) is 0 Å². The Balaban J connectivity index is 0.00000200. The molecule has 1 aromatic carbocycles. The molecule has 1 heterocycles. The lowest BCUT2D eigenvalue weighted by Crippen LogP contribution is -2.48. The number of piperidine rings is 1. The van der Waals surface area contributed by atoms with Crippen LogP contribution in [-0.2, 0) is 9.59 Å². The largest absolute Gasteiger partial charge is 0.346 e. The molecular weight excluding hydrogens is 278 g/mol. The molecule has 0 saturated carbocycles. The minimum absolute atomic E-state index is 0. The van der Waals surface area contributed by atoms with Gasteiger partial charge in [0.15, 0.2) is 0 Å². The van der Waals surface area contributed by atoms with Crippen molar-refractivity contribution in [2.45, 2.75) is 25.3 Å². The Labute approximate surface area is 124 Å². The summed E-state index contributed by atoms with van der Waals surface area (Å²) >= 11 is 0. The monoisotopic (exact) mass is 297 g/mol. The van der Waals surface area contributed by atoms with E-state index in [0.717, 1.165) is 31.5 Å². The lowest BCUT2D eigenvalue weighted by molar-refractivity contribution is -0.126. The van der Waals surface area contributed by atoms with Crippen LogP contribution in [-0.4, -0.2) is 30.9 Å². The Morgan fingerprint density at radius 1 is 1.20 bits per heavy atom. The van der Waals surface area contributed by atoms with Gasteiger partial charge < -0.3 is 16.0 Å². The van der Waals surface area contributed by atoms with Crippen molar-refractivity contribution < 1.29 is 9.59 Å². The van der Waals surface area contributed by atoms with Crippen LogP contribution in [0, 0.1) is 0 Å². The van der Waals surface area contributed by atoms with Crippen LogP contribution < -0.4 is 16.0 Å². The second-order valence-electron chi connectivity index (χ2n) is 4.63. The summed E-state index contributed by atoms with van der Waals surface area (Å²) in [6.07, 6.45) is 3.01. The first-order chi connectivity index (χ1) is 9.25. The van der Waals surface area contributed by atoms with Gasteiger partial charge in [0, 0.05) is 5.69 Å². The molecule has 1 fully saturated rings. The van der Waals surface area contributed by atoms with Crippen LogP contribution in [0.5, 0.6) is 0 Å². The van der Waals surface area contributed by atoms with E-state index in [9.17, 15) is 9.59 Å². The summed E-state index contributed by atoms with van der Waals surface area (Å²) in [6, 6.07) is 9.04. The number of carbonyl (C=O) groups excluding carboxylic acids is 2. The molecule has 1 saturated heterocycles. The summed E-state index contributed by atoms with van der Waals surface area (Å²) in [6.45, 7) is 0.875. The smallest absolute Gasteiger partial charge is 0.243 e. The van der Waals surface area contributed by atoms with E-state index in [1.165, 1.54) is 0 Å². The molecule has 0 radical (unpaired) electrons. The zero-order valence-corrected chi connectivity index (χ0v) is 12.0. The third kappa shape index (κ3) is 5.19. The number of rotatable bonds is 4. The Kier molecular flexibility index (Phi) is 7.04. The van der Waals surface area contributed by atoms with Gasteiger partial charge >= 0.3 is 0 Å². The maximum atomic E-state index is 11.8. The predicted molar refractivity (Wildman–Crippen MR) is 81.0 cm³/mol. The van der Waals surface area contributed by atoms with Crippen LogP contribution in [0.15, 0.2) is 30.3 Å². The molecule has 1 aliphatic rings. The summed E-state index contributed by atoms with van der Waals surface area (Å²) in [4.78, 5) is 23.5. The molecule has 20 heavy (non-hydrogen) atoms. The number of halogens is 1. The molecule has 110 valence electrons. The average Bonchev–Trinajstić information content (AvgIpc) is 2.47. The first kappa shape index (κ1) is 16.5. The van der Waals surface area contributed by atoms with Crippen LogP contribution in [0.25, 0.3) is 0 Å². The molecule has 1 atom stereocenters. The van der Waals surface area contributed by atoms with Gasteiger partial charge in [0.05, 0.1) is 12.6 Å². The van der Waals surface area contributed by atoms with Gasteiger partial charge in [0.1, 0.15) is 0 Å². The van der Waals surface area contributed by atoms with Crippen molar-refractivity contribution >= 4 is 29.9 Å². The second-order valence-corrected chi connectivity index (χ2v) is 4.63. The van der Waals surface area contributed by atoms with Gasteiger partial charge in [-0.25, -0.2) is 0 Å². The third-order valence-electron chi connectivity index (χ3n) is 3.11. The van der Waals surface area contributed by atoms with Crippen molar-refractivity contribution in [2.75, 3.05) is 18.4 Å². The fourth-order valence-corrected chi connectivity index (χ4v) is 2.09. The number of nitrogens with one attached hydrogen (secondary N) is 3. The van der Waals surface area contributed by atoms with Crippen LogP contribution in [0.2, 0.25) is 0 Å². The number of anilines is 1. The minimum Gasteiger partial charge on any atom is -0.346 e. The topological polar surface area (TPSA) is 70.2 Å². The first-order valence-electron chi connectivity index (χ1n) is 6.62. The molecule has 5 nitrogen and oxygen atoms in total. The van der Waals surface area contributed by atoms with Crippen LogP contribution >= 0.6 is 12.4 Å². The molecule has 2 rings (SSSR count). The molecule has 2 amide bonds. The Morgan fingerprint density at radius 2 is 1.95 bits per heavy atom. The molecule has 0 spiro atoms. The van der Waals surface area contributed by atoms with Crippen molar-refractivity contribution in [2.24, 2.45) is 0 Å². The highest BCUT2D eigenvalue weighted by atomic mass is 35.5. The average molecular weight is 298 g/mol. The number of amides is 2. The van der Waals surface area contributed by atoms with Gasteiger partial charge in [-0.3, -0.25) is 9.59 Å². The maximum Gasteiger partial charge on any atom is 0.243 e. The Hall–Kier alpha value is -1.59. The Bertz CT molecular complexity index is 433. The van der Waals surface area contributed by atoms with E-state index in [1.807, 2.05) is 30.3 Å². The standard InChI is InChI=1S/C14H19N3O2.ClH/c18-13(17-11-6-2-1-3-7-11)10-16-14(19)12-8-4-5-9-15-12;/h1-3,6-7,12,15H,4-5,8-10H2,(H,16,19)(H,17,18);1H. The van der Waals surface area contributed by atoms with Gasteiger partial charge in [-0.05, 0) is 31.5 Å². The molecule has 1 unspecified atom stereocenters. The number of para-hydroxylation sites is 1. The number of benzene rings is 1. The van der Waals surface area contributed by atoms with E-state index in [1.54, 1.807) is 0 Å². The van der Waals surface area contributed by atoms with Gasteiger partial charge in [-0.2, -0.15) is 0 Å². The highest BCUT2D eigenvalue weighted by molar-refractivity contribution is 5.95. The predicted octanol–water partition coefficient (Wildman–Crippen LogP) is 1.31. The van der Waals surface area contributed by atoms with E-state index < -0.39 is 0 Å². The molecular formula is C14H20ClN3O2. The molecule has 0 aromatic heterocycles. The van der Waals surface area contributed by atoms with E-state index in [0.29, 0.717) is 0 Å². The Morgan fingerprint density at radius 3 is 2.60 bits per heavy atom. The SMILES string of the molecule is Cl.O=C(CNC(=O)C1CCCCN1)Nc1ccccc1. The van der Waals surface area contributed by atoms with Gasteiger partial charge in [0.2, 0.25) is 11.8 Å². The van der Waals surface area contributed by atoms with Crippen LogP contribution in [0.4, 0.5) is 5.69 Å². The highest BCUT2D eigenvalue weighted by Crippen LogP contribution is 2.07. The molecule has 1 aromatic rings. The molecule has 0 aliphatic carbocycles. The van der Waals surface area contributed by atoms with Gasteiger partial charge in [-0.15, -0.1) is 12.4 Å². The van der Waals surface area contributed by atoms with E-state index in [-0.39, 0.29) is 36.8 Å². The summed E-state index contributed by atoms with van der Waals surface area (Å²) < 4.78 is 0. The zero-order chi connectivity index (χ0) is 13.5. The highest BCUT2D eigenvalue weighted by Gasteiger charge is 2.20. The van der Waals surface area contributed by atoms with Gasteiger partial charge in [-0.1, -0.05) is 24.6 Å². The van der Waals surface area contributed by atoms with E-state index in [2.05, 4.69) is 16.0 Å². The number of hydrogen-bond acceptors (Lipinski definition) is 3. The third-order valence-corrected chi connectivity index (χ3v) is 3.11. The molecule has 6 heteroatoms. The molecule has 0 bridgehead atoms. The van der Waals surface area contributed by atoms with Crippen LogP contribution in [0.3, 0.4) is 0 Å². The van der Waals surface area contributed by atoms with Gasteiger partial charge in [0.25, 0.3) is 0 Å². The summed E-state index contributed by atoms with van der Waals surface area (Å²) in [5, 5.41) is 8.53. The van der Waals surface area contributed by atoms with Crippen molar-refractivity contribution in [3.05, 3.63) is 30.3 Å². The fourth-order valence-electron chi connectivity index (χ4n) is 2.09. The lowest BCUT2D eigenvalue weighted by atomic mass is 10.0. The number of hydrogen-bond donors (Lipinski definition) is 3. The first-order valence-corrected chi connectivity index (χ1v) is 6.62. The maximum absolute atomic E-state index is 11.8. The molecule has 1 aliphatic heterocycles. The lowest BCUT2D eigenvalue weighted by Gasteiger charge is -2.22. The fraction of sp³-hybridized carbons (Fsp3) is 0.429. The summed E-state index contributed by atoms with van der Waals surface area (Å²) in [5.74, 6) is -0.307. The van der Waals surface area contributed by atoms with Crippen molar-refractivity contribution in [1.82, 2.24) is 10.6 Å². The summed E-state index contributed by atoms with van der Waals surface area (Å²) in [5.41, 5.74) is 0.734. The summed E-state index contributed by atoms with van der Waals surface area (Å²) in [7, 11) is 0. The molecule has 3 N–H and O–H groups in total. The van der Waals surface area contributed by atoms with Crippen molar-refractivity contribution in [1.29, 1.82) is 0 Å². The van der Waals surface area contributed by atoms with Crippen molar-refractivity contribution in [3.63, 3.8) is 0 Å². The zero-order valence-electron chi connectivity index (χ0n) is 11.2.